The number of ether oxygens (including phenoxy) is 1. The fourth-order valence-electron chi connectivity index (χ4n) is 2.53. The molecule has 11 heteroatoms. The van der Waals surface area contributed by atoms with Crippen molar-refractivity contribution in [1.29, 1.82) is 0 Å². The Morgan fingerprint density at radius 2 is 2.04 bits per heavy atom. The second-order valence-electron chi connectivity index (χ2n) is 5.75. The highest BCUT2D eigenvalue weighted by molar-refractivity contribution is 7.99. The van der Waals surface area contributed by atoms with Gasteiger partial charge in [-0.3, -0.25) is 4.79 Å². The number of morpholine rings is 1. The Morgan fingerprint density at radius 1 is 1.30 bits per heavy atom. The van der Waals surface area contributed by atoms with Crippen LogP contribution in [0.15, 0.2) is 27.8 Å². The molecule has 1 aromatic carbocycles. The van der Waals surface area contributed by atoms with Gasteiger partial charge >= 0.3 is 6.18 Å². The topological polar surface area (TPSA) is 80.5 Å². The van der Waals surface area contributed by atoms with Crippen molar-refractivity contribution in [3.8, 4) is 0 Å². The monoisotopic (exact) mass is 402 g/mol. The molecule has 2 heterocycles. The SMILES string of the molecule is Cc1nnc(SCC(=O)Nc2ccc(C(F)(F)F)cc2N2CCOCC2)o1. The summed E-state index contributed by atoms with van der Waals surface area (Å²) in [7, 11) is 0. The lowest BCUT2D eigenvalue weighted by molar-refractivity contribution is -0.137. The first kappa shape index (κ1) is 19.5. The summed E-state index contributed by atoms with van der Waals surface area (Å²) in [5.41, 5.74) is -0.130. The number of thioether (sulfide) groups is 1. The van der Waals surface area contributed by atoms with Crippen LogP contribution in [0.3, 0.4) is 0 Å². The molecule has 0 atom stereocenters. The van der Waals surface area contributed by atoms with Crippen LogP contribution in [-0.2, 0) is 15.7 Å². The molecule has 2 aromatic rings. The molecule has 0 saturated carbocycles. The van der Waals surface area contributed by atoms with E-state index < -0.39 is 11.7 Å². The second kappa shape index (κ2) is 8.17. The zero-order valence-corrected chi connectivity index (χ0v) is 15.2. The van der Waals surface area contributed by atoms with Gasteiger partial charge in [0.1, 0.15) is 0 Å². The Morgan fingerprint density at radius 3 is 2.67 bits per heavy atom. The minimum atomic E-state index is -4.46. The molecule has 146 valence electrons. The maximum absolute atomic E-state index is 13.1. The van der Waals surface area contributed by atoms with E-state index in [0.29, 0.717) is 43.6 Å². The highest BCUT2D eigenvalue weighted by Gasteiger charge is 2.32. The van der Waals surface area contributed by atoms with Crippen molar-refractivity contribution in [1.82, 2.24) is 10.2 Å². The molecule has 1 aliphatic rings. The quantitative estimate of drug-likeness (QED) is 0.770. The Bertz CT molecular complexity index is 806. The molecule has 0 spiro atoms. The van der Waals surface area contributed by atoms with E-state index in [2.05, 4.69) is 15.5 Å². The zero-order valence-electron chi connectivity index (χ0n) is 14.4. The van der Waals surface area contributed by atoms with Gasteiger partial charge in [0.05, 0.1) is 35.9 Å². The van der Waals surface area contributed by atoms with E-state index in [4.69, 9.17) is 9.15 Å². The van der Waals surface area contributed by atoms with Gasteiger partial charge in [-0.15, -0.1) is 10.2 Å². The summed E-state index contributed by atoms with van der Waals surface area (Å²) >= 11 is 1.05. The Balaban J connectivity index is 1.75. The lowest BCUT2D eigenvalue weighted by Gasteiger charge is -2.31. The van der Waals surface area contributed by atoms with Crippen LogP contribution >= 0.6 is 11.8 Å². The van der Waals surface area contributed by atoms with Crippen LogP contribution in [0, 0.1) is 6.92 Å². The summed E-state index contributed by atoms with van der Waals surface area (Å²) < 4.78 is 49.7. The minimum Gasteiger partial charge on any atom is -0.416 e. The number of aryl methyl sites for hydroxylation is 1. The van der Waals surface area contributed by atoms with Crippen molar-refractivity contribution < 1.29 is 27.1 Å². The van der Waals surface area contributed by atoms with E-state index in [1.165, 1.54) is 6.07 Å². The molecule has 0 radical (unpaired) electrons. The molecule has 1 aliphatic heterocycles. The van der Waals surface area contributed by atoms with Crippen molar-refractivity contribution in [2.45, 2.75) is 18.3 Å². The van der Waals surface area contributed by atoms with Gasteiger partial charge in [-0.25, -0.2) is 0 Å². The van der Waals surface area contributed by atoms with E-state index in [1.807, 2.05) is 0 Å². The van der Waals surface area contributed by atoms with Crippen LogP contribution < -0.4 is 10.2 Å². The fourth-order valence-corrected chi connectivity index (χ4v) is 3.13. The number of halogens is 3. The van der Waals surface area contributed by atoms with Crippen LogP contribution in [0.4, 0.5) is 24.5 Å². The number of nitrogens with zero attached hydrogens (tertiary/aromatic N) is 3. The van der Waals surface area contributed by atoms with Gasteiger partial charge in [0.2, 0.25) is 11.8 Å². The van der Waals surface area contributed by atoms with Gasteiger partial charge < -0.3 is 19.4 Å². The Labute approximate surface area is 157 Å². The Hall–Kier alpha value is -2.27. The third kappa shape index (κ3) is 5.13. The van der Waals surface area contributed by atoms with Crippen molar-refractivity contribution in [2.24, 2.45) is 0 Å². The minimum absolute atomic E-state index is 0.00872. The predicted molar refractivity (Wildman–Crippen MR) is 92.9 cm³/mol. The summed E-state index contributed by atoms with van der Waals surface area (Å²) in [6.45, 7) is 3.35. The maximum Gasteiger partial charge on any atom is 0.416 e. The average molecular weight is 402 g/mol. The lowest BCUT2D eigenvalue weighted by atomic mass is 10.1. The summed E-state index contributed by atoms with van der Waals surface area (Å²) in [4.78, 5) is 14.0. The normalized spacial score (nSPS) is 15.0. The van der Waals surface area contributed by atoms with Gasteiger partial charge in [-0.1, -0.05) is 11.8 Å². The zero-order chi connectivity index (χ0) is 19.4. The molecule has 7 nitrogen and oxygen atoms in total. The predicted octanol–water partition coefficient (Wildman–Crippen LogP) is 2.96. The third-order valence-corrected chi connectivity index (χ3v) is 4.60. The van der Waals surface area contributed by atoms with Crippen LogP contribution in [0.5, 0.6) is 0 Å². The first-order valence-corrected chi connectivity index (χ1v) is 9.08. The number of rotatable bonds is 5. The van der Waals surface area contributed by atoms with Crippen LogP contribution in [0.1, 0.15) is 11.5 Å². The van der Waals surface area contributed by atoms with E-state index in [9.17, 15) is 18.0 Å². The van der Waals surface area contributed by atoms with Crippen LogP contribution in [0.2, 0.25) is 0 Å². The molecule has 1 aromatic heterocycles. The number of amides is 1. The number of anilines is 2. The molecule has 1 fully saturated rings. The summed E-state index contributed by atoms with van der Waals surface area (Å²) in [5, 5.41) is 10.4. The maximum atomic E-state index is 13.1. The number of benzene rings is 1. The molecule has 0 unspecified atom stereocenters. The van der Waals surface area contributed by atoms with E-state index in [0.717, 1.165) is 23.9 Å². The number of hydrogen-bond donors (Lipinski definition) is 1. The number of alkyl halides is 3. The van der Waals surface area contributed by atoms with Gasteiger partial charge in [-0.05, 0) is 18.2 Å². The molecule has 3 rings (SSSR count). The van der Waals surface area contributed by atoms with Crippen molar-refractivity contribution in [3.63, 3.8) is 0 Å². The second-order valence-corrected chi connectivity index (χ2v) is 6.68. The molecule has 0 aliphatic carbocycles. The number of carbonyl (C=O) groups excluding carboxylic acids is 1. The molecule has 27 heavy (non-hydrogen) atoms. The van der Waals surface area contributed by atoms with Crippen molar-refractivity contribution in [3.05, 3.63) is 29.7 Å². The van der Waals surface area contributed by atoms with Crippen LogP contribution in [-0.4, -0.2) is 48.2 Å². The highest BCUT2D eigenvalue weighted by Crippen LogP contribution is 2.36. The smallest absolute Gasteiger partial charge is 0.416 e. The summed E-state index contributed by atoms with van der Waals surface area (Å²) in [5.74, 6) is -0.00838. The fraction of sp³-hybridized carbons (Fsp3) is 0.438. The molecular formula is C16H17F3N4O3S. The standard InChI is InChI=1S/C16H17F3N4O3S/c1-10-21-22-15(26-10)27-9-14(24)20-12-3-2-11(16(17,18)19)8-13(12)23-4-6-25-7-5-23/h2-3,8H,4-7,9H2,1H3,(H,20,24). The van der Waals surface area contributed by atoms with Gasteiger partial charge in [0.15, 0.2) is 0 Å². The number of carbonyl (C=O) groups is 1. The Kier molecular flexibility index (Phi) is 5.90. The van der Waals surface area contributed by atoms with Crippen molar-refractivity contribution >= 4 is 29.0 Å². The van der Waals surface area contributed by atoms with Gasteiger partial charge in [0, 0.05) is 20.0 Å². The average Bonchev–Trinajstić information content (AvgIpc) is 3.05. The lowest BCUT2D eigenvalue weighted by Crippen LogP contribution is -2.37. The van der Waals surface area contributed by atoms with E-state index in [-0.39, 0.29) is 16.9 Å². The van der Waals surface area contributed by atoms with E-state index >= 15 is 0 Å². The molecule has 1 saturated heterocycles. The first-order valence-electron chi connectivity index (χ1n) is 8.09. The highest BCUT2D eigenvalue weighted by atomic mass is 32.2. The third-order valence-electron chi connectivity index (χ3n) is 3.79. The summed E-state index contributed by atoms with van der Waals surface area (Å²) in [6.07, 6.45) is -4.46. The van der Waals surface area contributed by atoms with Crippen molar-refractivity contribution in [2.75, 3.05) is 42.3 Å². The number of hydrogen-bond acceptors (Lipinski definition) is 7. The molecule has 0 bridgehead atoms. The number of nitrogens with one attached hydrogen (secondary N) is 1. The summed E-state index contributed by atoms with van der Waals surface area (Å²) in [6, 6.07) is 3.27. The molecular weight excluding hydrogens is 385 g/mol. The molecule has 1 amide bonds. The van der Waals surface area contributed by atoms with E-state index in [1.54, 1.807) is 11.8 Å². The number of aromatic nitrogens is 2. The van der Waals surface area contributed by atoms with Gasteiger partial charge in [-0.2, -0.15) is 13.2 Å². The van der Waals surface area contributed by atoms with Gasteiger partial charge in [0.25, 0.3) is 5.22 Å². The largest absolute Gasteiger partial charge is 0.416 e. The first-order chi connectivity index (χ1) is 12.8. The molecule has 1 N–H and O–H groups in total. The van der Waals surface area contributed by atoms with Crippen LogP contribution in [0.25, 0.3) is 0 Å².